The third-order valence-electron chi connectivity index (χ3n) is 3.59. The summed E-state index contributed by atoms with van der Waals surface area (Å²) < 4.78 is 1.85. The van der Waals surface area contributed by atoms with E-state index in [0.29, 0.717) is 6.54 Å². The second-order valence-electron chi connectivity index (χ2n) is 5.48. The molecule has 0 saturated carbocycles. The van der Waals surface area contributed by atoms with Crippen molar-refractivity contribution in [3.63, 3.8) is 0 Å². The number of aromatic nitrogens is 3. The van der Waals surface area contributed by atoms with Crippen LogP contribution in [0.2, 0.25) is 0 Å². The molecule has 0 fully saturated rings. The smallest absolute Gasteiger partial charge is 0.319 e. The van der Waals surface area contributed by atoms with E-state index in [0.717, 1.165) is 16.9 Å². The van der Waals surface area contributed by atoms with Gasteiger partial charge in [-0.15, -0.1) is 0 Å². The number of anilines is 1. The minimum atomic E-state index is -0.257. The number of carbonyl (C=O) groups is 1. The molecule has 6 nitrogen and oxygen atoms in total. The molecule has 122 valence electrons. The zero-order valence-corrected chi connectivity index (χ0v) is 13.4. The first-order valence-corrected chi connectivity index (χ1v) is 7.75. The average molecular weight is 321 g/mol. The van der Waals surface area contributed by atoms with Crippen LogP contribution in [0.5, 0.6) is 0 Å². The van der Waals surface area contributed by atoms with Crippen molar-refractivity contribution in [2.24, 2.45) is 0 Å². The van der Waals surface area contributed by atoms with E-state index < -0.39 is 0 Å². The highest BCUT2D eigenvalue weighted by Gasteiger charge is 2.10. The Labute approximate surface area is 140 Å². The number of benzene rings is 1. The number of pyridine rings is 1. The van der Waals surface area contributed by atoms with Crippen LogP contribution in [0, 0.1) is 0 Å². The molecule has 0 radical (unpaired) electrons. The Hall–Kier alpha value is -3.15. The summed E-state index contributed by atoms with van der Waals surface area (Å²) in [4.78, 5) is 16.3. The standard InChI is InChI=1S/C18H19N5O/c1-14(17-5-2-3-10-19-17)21-18(24)22-16-8-6-15(7-9-16)13-23-12-4-11-20-23/h2-12,14H,13H2,1H3,(H2,21,22,24). The van der Waals surface area contributed by atoms with E-state index in [4.69, 9.17) is 0 Å². The van der Waals surface area contributed by atoms with Crippen molar-refractivity contribution in [2.75, 3.05) is 5.32 Å². The monoisotopic (exact) mass is 321 g/mol. The van der Waals surface area contributed by atoms with Gasteiger partial charge in [-0.1, -0.05) is 18.2 Å². The van der Waals surface area contributed by atoms with Gasteiger partial charge in [0.05, 0.1) is 18.3 Å². The topological polar surface area (TPSA) is 71.8 Å². The summed E-state index contributed by atoms with van der Waals surface area (Å²) in [6, 6.07) is 14.8. The van der Waals surface area contributed by atoms with Gasteiger partial charge in [-0.2, -0.15) is 5.10 Å². The van der Waals surface area contributed by atoms with Gasteiger partial charge in [0.2, 0.25) is 0 Å². The molecular weight excluding hydrogens is 302 g/mol. The van der Waals surface area contributed by atoms with Crippen LogP contribution in [0.3, 0.4) is 0 Å². The fourth-order valence-electron chi connectivity index (χ4n) is 2.34. The summed E-state index contributed by atoms with van der Waals surface area (Å²) in [7, 11) is 0. The quantitative estimate of drug-likeness (QED) is 0.758. The third kappa shape index (κ3) is 4.19. The molecule has 3 rings (SSSR count). The Bertz CT molecular complexity index is 769. The fraction of sp³-hybridized carbons (Fsp3) is 0.167. The van der Waals surface area contributed by atoms with Gasteiger partial charge in [0.1, 0.15) is 0 Å². The number of rotatable bonds is 5. The molecule has 1 atom stereocenters. The van der Waals surface area contributed by atoms with Crippen molar-refractivity contribution in [1.82, 2.24) is 20.1 Å². The molecule has 3 aromatic rings. The highest BCUT2D eigenvalue weighted by Crippen LogP contribution is 2.12. The SMILES string of the molecule is CC(NC(=O)Nc1ccc(Cn2cccn2)cc1)c1ccccn1. The highest BCUT2D eigenvalue weighted by atomic mass is 16.2. The predicted molar refractivity (Wildman–Crippen MR) is 92.6 cm³/mol. The summed E-state index contributed by atoms with van der Waals surface area (Å²) >= 11 is 0. The Kier molecular flexibility index (Phi) is 4.86. The van der Waals surface area contributed by atoms with Crippen LogP contribution < -0.4 is 10.6 Å². The molecule has 6 heteroatoms. The van der Waals surface area contributed by atoms with Crippen LogP contribution in [0.25, 0.3) is 0 Å². The molecule has 0 saturated heterocycles. The molecule has 0 aliphatic rings. The molecule has 0 spiro atoms. The van der Waals surface area contributed by atoms with Gasteiger partial charge in [-0.25, -0.2) is 4.79 Å². The number of urea groups is 1. The zero-order chi connectivity index (χ0) is 16.8. The molecule has 2 heterocycles. The Morgan fingerprint density at radius 1 is 1.12 bits per heavy atom. The van der Waals surface area contributed by atoms with Crippen LogP contribution in [-0.4, -0.2) is 20.8 Å². The van der Waals surface area contributed by atoms with Gasteiger partial charge in [-0.05, 0) is 42.8 Å². The molecule has 1 aromatic carbocycles. The van der Waals surface area contributed by atoms with Crippen LogP contribution in [0.4, 0.5) is 10.5 Å². The van der Waals surface area contributed by atoms with Crippen LogP contribution in [0.1, 0.15) is 24.2 Å². The highest BCUT2D eigenvalue weighted by molar-refractivity contribution is 5.89. The normalized spacial score (nSPS) is 11.7. The summed E-state index contributed by atoms with van der Waals surface area (Å²) in [5, 5.41) is 9.87. The van der Waals surface area contributed by atoms with Gasteiger partial charge in [0.25, 0.3) is 0 Å². The largest absolute Gasteiger partial charge is 0.330 e. The number of amides is 2. The minimum Gasteiger partial charge on any atom is -0.330 e. The van der Waals surface area contributed by atoms with Gasteiger partial charge in [0, 0.05) is 24.3 Å². The van der Waals surface area contributed by atoms with Gasteiger partial charge < -0.3 is 10.6 Å². The average Bonchev–Trinajstić information content (AvgIpc) is 3.10. The molecule has 2 aromatic heterocycles. The van der Waals surface area contributed by atoms with E-state index in [1.807, 2.05) is 66.3 Å². The number of carbonyl (C=O) groups excluding carboxylic acids is 1. The van der Waals surface area contributed by atoms with Crippen LogP contribution in [-0.2, 0) is 6.54 Å². The summed E-state index contributed by atoms with van der Waals surface area (Å²) in [5.74, 6) is 0. The molecule has 0 bridgehead atoms. The van der Waals surface area contributed by atoms with Gasteiger partial charge in [0.15, 0.2) is 0 Å². The van der Waals surface area contributed by atoms with Crippen molar-refractivity contribution in [3.05, 3.63) is 78.4 Å². The van der Waals surface area contributed by atoms with E-state index in [9.17, 15) is 4.79 Å². The maximum absolute atomic E-state index is 12.1. The van der Waals surface area contributed by atoms with Crippen molar-refractivity contribution in [2.45, 2.75) is 19.5 Å². The van der Waals surface area contributed by atoms with E-state index in [1.165, 1.54) is 0 Å². The molecule has 0 aliphatic heterocycles. The second kappa shape index (κ2) is 7.41. The van der Waals surface area contributed by atoms with Crippen molar-refractivity contribution < 1.29 is 4.79 Å². The number of nitrogens with zero attached hydrogens (tertiary/aromatic N) is 3. The number of hydrogen-bond donors (Lipinski definition) is 2. The van der Waals surface area contributed by atoms with E-state index in [2.05, 4.69) is 20.7 Å². The molecule has 2 amide bonds. The minimum absolute atomic E-state index is 0.162. The second-order valence-corrected chi connectivity index (χ2v) is 5.48. The lowest BCUT2D eigenvalue weighted by molar-refractivity contribution is 0.249. The van der Waals surface area contributed by atoms with Gasteiger partial charge >= 0.3 is 6.03 Å². The lowest BCUT2D eigenvalue weighted by atomic mass is 10.2. The zero-order valence-electron chi connectivity index (χ0n) is 13.4. The van der Waals surface area contributed by atoms with Crippen molar-refractivity contribution in [3.8, 4) is 0 Å². The lowest BCUT2D eigenvalue weighted by Gasteiger charge is -2.14. The lowest BCUT2D eigenvalue weighted by Crippen LogP contribution is -2.31. The Morgan fingerprint density at radius 3 is 2.62 bits per heavy atom. The summed E-state index contributed by atoms with van der Waals surface area (Å²) in [6.45, 7) is 2.60. The third-order valence-corrected chi connectivity index (χ3v) is 3.59. The molecule has 2 N–H and O–H groups in total. The Morgan fingerprint density at radius 2 is 1.96 bits per heavy atom. The maximum atomic E-state index is 12.1. The van der Waals surface area contributed by atoms with Gasteiger partial charge in [-0.3, -0.25) is 9.67 Å². The van der Waals surface area contributed by atoms with Crippen LogP contribution in [0.15, 0.2) is 67.1 Å². The molecule has 1 unspecified atom stereocenters. The van der Waals surface area contributed by atoms with Crippen molar-refractivity contribution in [1.29, 1.82) is 0 Å². The van der Waals surface area contributed by atoms with Crippen molar-refractivity contribution >= 4 is 11.7 Å². The summed E-state index contributed by atoms with van der Waals surface area (Å²) in [5.41, 5.74) is 2.68. The van der Waals surface area contributed by atoms with E-state index in [1.54, 1.807) is 12.4 Å². The molecule has 0 aliphatic carbocycles. The fourth-order valence-corrected chi connectivity index (χ4v) is 2.34. The molecular formula is C18H19N5O. The first-order chi connectivity index (χ1) is 11.7. The Balaban J connectivity index is 1.54. The summed E-state index contributed by atoms with van der Waals surface area (Å²) in [6.07, 6.45) is 5.38. The van der Waals surface area contributed by atoms with E-state index >= 15 is 0 Å². The molecule has 24 heavy (non-hydrogen) atoms. The number of nitrogens with one attached hydrogen (secondary N) is 2. The number of hydrogen-bond acceptors (Lipinski definition) is 3. The first-order valence-electron chi connectivity index (χ1n) is 7.75. The predicted octanol–water partition coefficient (Wildman–Crippen LogP) is 3.21. The maximum Gasteiger partial charge on any atom is 0.319 e. The first kappa shape index (κ1) is 15.7. The van der Waals surface area contributed by atoms with E-state index in [-0.39, 0.29) is 12.1 Å². The van der Waals surface area contributed by atoms with Crippen LogP contribution >= 0.6 is 0 Å².